The Kier molecular flexibility index (Phi) is 7.04. The Hall–Kier alpha value is -2.43. The summed E-state index contributed by atoms with van der Waals surface area (Å²) in [6.07, 6.45) is 0. The van der Waals surface area contributed by atoms with Gasteiger partial charge in [-0.15, -0.1) is 0 Å². The molecule has 0 bridgehead atoms. The first kappa shape index (κ1) is 22.9. The Balaban J connectivity index is 2.23. The van der Waals surface area contributed by atoms with Gasteiger partial charge in [0.05, 0.1) is 18.2 Å². The number of hydrogen-bond acceptors (Lipinski definition) is 5. The lowest BCUT2D eigenvalue weighted by atomic mass is 10.2. The molecule has 0 atom stereocenters. The number of aromatic nitrogens is 1. The molecule has 8 nitrogen and oxygen atoms in total. The first-order valence-electron chi connectivity index (χ1n) is 8.57. The summed E-state index contributed by atoms with van der Waals surface area (Å²) < 4.78 is 47.5. The molecule has 0 aliphatic heterocycles. The minimum Gasteiger partial charge on any atom is -0.462 e. The topological polar surface area (TPSA) is 106 Å². The van der Waals surface area contributed by atoms with Crippen molar-refractivity contribution in [2.75, 3.05) is 18.5 Å². The van der Waals surface area contributed by atoms with Crippen LogP contribution in [0, 0.1) is 19.7 Å². The van der Waals surface area contributed by atoms with Crippen LogP contribution in [-0.4, -0.2) is 38.0 Å². The Bertz CT molecular complexity index is 1070. The second-order valence-electron chi connectivity index (χ2n) is 6.16. The normalized spacial score (nSPS) is 11.4. The molecule has 0 unspecified atom stereocenters. The van der Waals surface area contributed by atoms with Gasteiger partial charge in [-0.1, -0.05) is 11.6 Å². The van der Waals surface area contributed by atoms with Gasteiger partial charge in [-0.05, 0) is 39.0 Å². The number of nitrogens with zero attached hydrogens (tertiary/aromatic N) is 1. The molecule has 1 amide bonds. The van der Waals surface area contributed by atoms with Crippen LogP contribution in [0.5, 0.6) is 0 Å². The molecule has 0 saturated carbocycles. The van der Waals surface area contributed by atoms with Crippen LogP contribution in [-0.2, 0) is 26.6 Å². The maximum absolute atomic E-state index is 13.2. The first-order valence-corrected chi connectivity index (χ1v) is 10.4. The summed E-state index contributed by atoms with van der Waals surface area (Å²) in [6, 6.07) is 3.56. The highest BCUT2D eigenvalue weighted by molar-refractivity contribution is 7.89. The van der Waals surface area contributed by atoms with Crippen LogP contribution >= 0.6 is 11.6 Å². The molecule has 29 heavy (non-hydrogen) atoms. The smallest absolute Gasteiger partial charge is 0.341 e. The molecule has 1 aromatic carbocycles. The zero-order chi connectivity index (χ0) is 21.9. The lowest BCUT2D eigenvalue weighted by Crippen LogP contribution is -2.34. The van der Waals surface area contributed by atoms with Crippen molar-refractivity contribution in [3.05, 3.63) is 46.0 Å². The van der Waals surface area contributed by atoms with E-state index in [-0.39, 0.29) is 27.8 Å². The summed E-state index contributed by atoms with van der Waals surface area (Å²) in [5, 5.41) is 2.23. The highest BCUT2D eigenvalue weighted by atomic mass is 35.5. The largest absolute Gasteiger partial charge is 0.462 e. The molecule has 2 N–H and O–H groups in total. The summed E-state index contributed by atoms with van der Waals surface area (Å²) in [4.78, 5) is 24.1. The van der Waals surface area contributed by atoms with Crippen LogP contribution in [0.25, 0.3) is 0 Å². The molecule has 2 rings (SSSR count). The summed E-state index contributed by atoms with van der Waals surface area (Å²) in [5.41, 5.74) is 0.875. The lowest BCUT2D eigenvalue weighted by molar-refractivity contribution is -0.115. The summed E-state index contributed by atoms with van der Waals surface area (Å²) in [5.74, 6) is -2.11. The molecule has 0 aliphatic carbocycles. The number of amides is 1. The minimum absolute atomic E-state index is 0.0786. The van der Waals surface area contributed by atoms with E-state index < -0.39 is 34.3 Å². The molecule has 11 heteroatoms. The van der Waals surface area contributed by atoms with Crippen LogP contribution in [0.4, 0.5) is 10.1 Å². The first-order chi connectivity index (χ1) is 13.5. The van der Waals surface area contributed by atoms with Crippen molar-refractivity contribution in [2.24, 2.45) is 7.05 Å². The molecule has 0 fully saturated rings. The van der Waals surface area contributed by atoms with Gasteiger partial charge < -0.3 is 14.6 Å². The van der Waals surface area contributed by atoms with E-state index in [1.165, 1.54) is 12.1 Å². The number of hydrogen-bond donors (Lipinski definition) is 2. The van der Waals surface area contributed by atoms with Crippen molar-refractivity contribution >= 4 is 39.2 Å². The number of esters is 1. The number of carbonyl (C=O) groups excluding carboxylic acids is 2. The Morgan fingerprint density at radius 3 is 2.48 bits per heavy atom. The number of carbonyl (C=O) groups is 2. The number of benzene rings is 1. The summed E-state index contributed by atoms with van der Waals surface area (Å²) in [6.45, 7) is 4.24. The fourth-order valence-corrected chi connectivity index (χ4v) is 4.37. The van der Waals surface area contributed by atoms with E-state index in [2.05, 4.69) is 10.0 Å². The third kappa shape index (κ3) is 4.95. The van der Waals surface area contributed by atoms with Crippen LogP contribution in [0.15, 0.2) is 23.1 Å². The monoisotopic (exact) mass is 445 g/mol. The van der Waals surface area contributed by atoms with E-state index in [0.29, 0.717) is 11.4 Å². The van der Waals surface area contributed by atoms with Gasteiger partial charge in [-0.2, -0.15) is 0 Å². The third-order valence-corrected chi connectivity index (χ3v) is 6.15. The second-order valence-corrected chi connectivity index (χ2v) is 8.27. The van der Waals surface area contributed by atoms with Gasteiger partial charge >= 0.3 is 5.97 Å². The molecule has 158 valence electrons. The quantitative estimate of drug-likeness (QED) is 0.637. The van der Waals surface area contributed by atoms with Gasteiger partial charge in [0.1, 0.15) is 16.3 Å². The van der Waals surface area contributed by atoms with Gasteiger partial charge in [0.2, 0.25) is 15.9 Å². The molecule has 0 radical (unpaired) electrons. The zero-order valence-electron chi connectivity index (χ0n) is 16.3. The van der Waals surface area contributed by atoms with Crippen LogP contribution in [0.3, 0.4) is 0 Å². The Labute approximate surface area is 173 Å². The van der Waals surface area contributed by atoms with E-state index in [9.17, 15) is 22.4 Å². The standard InChI is InChI=1S/C18H21ClFN3O5S/c1-5-28-18(25)16-10(2)23(4)11(3)17(16)29(26,27)21-9-15(24)22-12-6-7-14(20)13(19)8-12/h6-8,21H,5,9H2,1-4H3,(H,22,24). The molecule has 1 heterocycles. The number of ether oxygens (including phenoxy) is 1. The van der Waals surface area contributed by atoms with E-state index in [4.69, 9.17) is 16.3 Å². The fraction of sp³-hybridized carbons (Fsp3) is 0.333. The number of sulfonamides is 1. The Morgan fingerprint density at radius 1 is 1.24 bits per heavy atom. The SMILES string of the molecule is CCOC(=O)c1c(S(=O)(=O)NCC(=O)Nc2ccc(F)c(Cl)c2)c(C)n(C)c1C. The molecule has 0 saturated heterocycles. The fourth-order valence-electron chi connectivity index (χ4n) is 2.70. The lowest BCUT2D eigenvalue weighted by Gasteiger charge is -2.10. The molecule has 0 spiro atoms. The molecular weight excluding hydrogens is 425 g/mol. The van der Waals surface area contributed by atoms with E-state index in [1.807, 2.05) is 0 Å². The maximum atomic E-state index is 13.2. The van der Waals surface area contributed by atoms with Crippen LogP contribution in [0.2, 0.25) is 5.02 Å². The number of anilines is 1. The van der Waals surface area contributed by atoms with Crippen molar-refractivity contribution in [1.82, 2.24) is 9.29 Å². The average molecular weight is 446 g/mol. The van der Waals surface area contributed by atoms with E-state index in [0.717, 1.165) is 6.07 Å². The van der Waals surface area contributed by atoms with Crippen LogP contribution < -0.4 is 10.0 Å². The maximum Gasteiger partial charge on any atom is 0.341 e. The van der Waals surface area contributed by atoms with Crippen molar-refractivity contribution in [3.63, 3.8) is 0 Å². The number of nitrogens with one attached hydrogen (secondary N) is 2. The minimum atomic E-state index is -4.21. The van der Waals surface area contributed by atoms with Crippen molar-refractivity contribution in [3.8, 4) is 0 Å². The predicted molar refractivity (Wildman–Crippen MR) is 106 cm³/mol. The van der Waals surface area contributed by atoms with Gasteiger partial charge in [0, 0.05) is 24.1 Å². The van der Waals surface area contributed by atoms with E-state index in [1.54, 1.807) is 32.4 Å². The second kappa shape index (κ2) is 8.93. The predicted octanol–water partition coefficient (Wildman–Crippen LogP) is 2.53. The van der Waals surface area contributed by atoms with Gasteiger partial charge in [0.15, 0.2) is 0 Å². The highest BCUT2D eigenvalue weighted by Gasteiger charge is 2.31. The highest BCUT2D eigenvalue weighted by Crippen LogP contribution is 2.27. The molecule has 1 aromatic heterocycles. The van der Waals surface area contributed by atoms with Crippen LogP contribution in [0.1, 0.15) is 28.7 Å². The van der Waals surface area contributed by atoms with Gasteiger partial charge in [0.25, 0.3) is 0 Å². The number of rotatable bonds is 7. The van der Waals surface area contributed by atoms with Gasteiger partial charge in [-0.3, -0.25) is 4.79 Å². The third-order valence-electron chi connectivity index (χ3n) is 4.30. The average Bonchev–Trinajstić information content (AvgIpc) is 2.88. The van der Waals surface area contributed by atoms with E-state index >= 15 is 0 Å². The van der Waals surface area contributed by atoms with Crippen molar-refractivity contribution in [1.29, 1.82) is 0 Å². The number of halogens is 2. The summed E-state index contributed by atoms with van der Waals surface area (Å²) in [7, 11) is -2.58. The van der Waals surface area contributed by atoms with Crippen molar-refractivity contribution < 1.29 is 27.1 Å². The zero-order valence-corrected chi connectivity index (χ0v) is 17.9. The molecular formula is C18H21ClFN3O5S. The van der Waals surface area contributed by atoms with Gasteiger partial charge in [-0.25, -0.2) is 22.3 Å². The molecule has 0 aliphatic rings. The Morgan fingerprint density at radius 2 is 1.90 bits per heavy atom. The summed E-state index contributed by atoms with van der Waals surface area (Å²) >= 11 is 5.65. The van der Waals surface area contributed by atoms with Crippen molar-refractivity contribution in [2.45, 2.75) is 25.7 Å². The molecule has 2 aromatic rings.